The summed E-state index contributed by atoms with van der Waals surface area (Å²) in [5.41, 5.74) is 0. The largest absolute Gasteiger partial charge is 2.00 e. The van der Waals surface area contributed by atoms with Gasteiger partial charge in [-0.3, -0.25) is 0 Å². The first-order chi connectivity index (χ1) is 1.73. The molecule has 0 spiro atoms. The first-order valence-electron chi connectivity index (χ1n) is 0.612. The van der Waals surface area contributed by atoms with E-state index in [0.29, 0.717) is 0 Å². The molecule has 0 heterocycles. The summed E-state index contributed by atoms with van der Waals surface area (Å²) in [5.74, 6) is 0. The van der Waals surface area contributed by atoms with Crippen molar-refractivity contribution in [3.05, 3.63) is 0 Å². The van der Waals surface area contributed by atoms with Crippen LogP contribution in [0.25, 0.3) is 0 Å². The van der Waals surface area contributed by atoms with Gasteiger partial charge in [-0.1, -0.05) is 0 Å². The van der Waals surface area contributed by atoms with E-state index in [2.05, 4.69) is 0 Å². The number of carbonyl (C=O) groups is 1. The van der Waals surface area contributed by atoms with Gasteiger partial charge in [0.1, 0.15) is 0 Å². The van der Waals surface area contributed by atoms with E-state index in [-0.39, 0.29) is 72.8 Å². The normalized spacial score (nSPS) is 3.43. The van der Waals surface area contributed by atoms with Gasteiger partial charge in [-0.05, 0) is 6.16 Å². The van der Waals surface area contributed by atoms with E-state index in [0.717, 1.165) is 0 Å². The fraction of sp³-hybridized carbons (Fsp3) is 0. The van der Waals surface area contributed by atoms with E-state index < -0.39 is 6.16 Å². The third-order valence-corrected chi connectivity index (χ3v) is 0. The van der Waals surface area contributed by atoms with E-state index in [1.165, 1.54) is 0 Å². The van der Waals surface area contributed by atoms with Crippen molar-refractivity contribution in [2.45, 2.75) is 0 Å². The van der Waals surface area contributed by atoms with Gasteiger partial charge in [-0.15, -0.1) is 0 Å². The molecular formula is CHCaNaO4. The maximum Gasteiger partial charge on any atom is 2.00 e. The Morgan fingerprint density at radius 3 is 1.29 bits per heavy atom. The second-order valence-corrected chi connectivity index (χ2v) is 0.250. The molecule has 1 N–H and O–H groups in total. The molecule has 0 unspecified atom stereocenters. The molecule has 0 radical (unpaired) electrons. The number of rotatable bonds is 0. The van der Waals surface area contributed by atoms with Crippen molar-refractivity contribution in [1.29, 1.82) is 0 Å². The minimum atomic E-state index is -2.33. The summed E-state index contributed by atoms with van der Waals surface area (Å²) in [4.78, 5) is 8.33. The zero-order valence-electron chi connectivity index (χ0n) is 3.88. The van der Waals surface area contributed by atoms with Gasteiger partial charge in [-0.25, -0.2) is 0 Å². The number of carbonyl (C=O) groups excluding carboxylic acids is 1. The summed E-state index contributed by atoms with van der Waals surface area (Å²) in [5, 5.41) is 16.7. The molecule has 0 aromatic carbocycles. The third-order valence-electron chi connectivity index (χ3n) is 0. The first-order valence-corrected chi connectivity index (χ1v) is 0.612. The van der Waals surface area contributed by atoms with Gasteiger partial charge >= 0.3 is 67.3 Å². The number of hydrogen-bond donors (Lipinski definition) is 0. The molecule has 0 amide bonds. The predicted octanol–water partition coefficient (Wildman–Crippen LogP) is -6.00. The van der Waals surface area contributed by atoms with E-state index in [1.807, 2.05) is 0 Å². The summed E-state index contributed by atoms with van der Waals surface area (Å²) in [7, 11) is 0. The molecule has 0 aliphatic rings. The summed E-state index contributed by atoms with van der Waals surface area (Å²) < 4.78 is 0. The van der Waals surface area contributed by atoms with Crippen LogP contribution in [0.5, 0.6) is 0 Å². The molecule has 0 saturated carbocycles. The number of carboxylic acid groups (broad SMARTS) is 2. The van der Waals surface area contributed by atoms with Crippen LogP contribution in [0.4, 0.5) is 4.79 Å². The molecular weight excluding hydrogens is 139 g/mol. The van der Waals surface area contributed by atoms with Crippen molar-refractivity contribution in [3.8, 4) is 0 Å². The van der Waals surface area contributed by atoms with Gasteiger partial charge in [0.05, 0.1) is 0 Å². The molecule has 0 fully saturated rings. The van der Waals surface area contributed by atoms with Crippen LogP contribution in [0.3, 0.4) is 0 Å². The topological polar surface area (TPSA) is 93.2 Å². The number of hydrogen-bond acceptors (Lipinski definition) is 4. The van der Waals surface area contributed by atoms with E-state index in [9.17, 15) is 0 Å². The molecule has 7 heavy (non-hydrogen) atoms. The Morgan fingerprint density at radius 1 is 1.29 bits per heavy atom. The molecule has 0 aromatic rings. The van der Waals surface area contributed by atoms with Crippen LogP contribution in [0.2, 0.25) is 0 Å². The molecule has 0 aromatic heterocycles. The van der Waals surface area contributed by atoms with Crippen molar-refractivity contribution in [3.63, 3.8) is 0 Å². The summed E-state index contributed by atoms with van der Waals surface area (Å²) in [6.45, 7) is 0. The monoisotopic (exact) mass is 140 g/mol. The van der Waals surface area contributed by atoms with Crippen LogP contribution < -0.4 is 39.8 Å². The van der Waals surface area contributed by atoms with Crippen LogP contribution in [0.1, 0.15) is 0 Å². The van der Waals surface area contributed by atoms with Crippen molar-refractivity contribution >= 4 is 43.9 Å². The second-order valence-electron chi connectivity index (χ2n) is 0.250. The fourth-order valence-electron chi connectivity index (χ4n) is 0. The van der Waals surface area contributed by atoms with Crippen LogP contribution in [-0.4, -0.2) is 49.4 Å². The van der Waals surface area contributed by atoms with Crippen LogP contribution in [0, 0.1) is 0 Å². The molecule has 0 atom stereocenters. The first kappa shape index (κ1) is 23.6. The minimum absolute atomic E-state index is 0. The van der Waals surface area contributed by atoms with Gasteiger partial charge in [0.15, 0.2) is 0 Å². The van der Waals surface area contributed by atoms with E-state index in [4.69, 9.17) is 15.0 Å². The average molecular weight is 140 g/mol. The van der Waals surface area contributed by atoms with Crippen molar-refractivity contribution in [2.75, 3.05) is 0 Å². The molecule has 0 aliphatic carbocycles. The summed E-state index contributed by atoms with van der Waals surface area (Å²) >= 11 is 0. The Hall–Kier alpha value is 1.49. The van der Waals surface area contributed by atoms with Crippen LogP contribution >= 0.6 is 0 Å². The van der Waals surface area contributed by atoms with Gasteiger partial charge in [0.2, 0.25) is 0 Å². The molecule has 0 aliphatic heterocycles. The molecule has 4 nitrogen and oxygen atoms in total. The Bertz CT molecular complexity index is 34.7. The zero-order chi connectivity index (χ0) is 3.58. The van der Waals surface area contributed by atoms with Gasteiger partial charge in [0.25, 0.3) is 0 Å². The van der Waals surface area contributed by atoms with Crippen molar-refractivity contribution < 1.29 is 50.0 Å². The third kappa shape index (κ3) is 102. The van der Waals surface area contributed by atoms with E-state index >= 15 is 0 Å². The van der Waals surface area contributed by atoms with Gasteiger partial charge in [0, 0.05) is 0 Å². The second kappa shape index (κ2) is 15.6. The smallest absolute Gasteiger partial charge is 0.870 e. The average Bonchev–Trinajstić information content (AvgIpc) is 0.811. The molecule has 32 valence electrons. The van der Waals surface area contributed by atoms with Crippen molar-refractivity contribution in [2.24, 2.45) is 0 Å². The molecule has 6 heteroatoms. The van der Waals surface area contributed by atoms with Crippen LogP contribution in [-0.2, 0) is 0 Å². The fourth-order valence-corrected chi connectivity index (χ4v) is 0. The van der Waals surface area contributed by atoms with Gasteiger partial charge in [-0.2, -0.15) is 0 Å². The van der Waals surface area contributed by atoms with Gasteiger partial charge < -0.3 is 20.5 Å². The Balaban J connectivity index is -0.0000000150. The molecule has 0 bridgehead atoms. The standard InChI is InChI=1S/CH2O3.Ca.Na.H2O/c2-1(3)4;;;/h(H2,2,3,4);;;1H2/q;+2;+1;/p-3. The van der Waals surface area contributed by atoms with Crippen molar-refractivity contribution in [1.82, 2.24) is 0 Å². The Morgan fingerprint density at radius 2 is 1.29 bits per heavy atom. The molecule has 0 rings (SSSR count). The summed E-state index contributed by atoms with van der Waals surface area (Å²) in [6.07, 6.45) is -2.33. The van der Waals surface area contributed by atoms with Crippen LogP contribution in [0.15, 0.2) is 0 Å². The minimum Gasteiger partial charge on any atom is -0.870 e. The quantitative estimate of drug-likeness (QED) is 0.313. The Labute approximate surface area is 92.5 Å². The Kier molecular flexibility index (Phi) is 52.8. The van der Waals surface area contributed by atoms with E-state index in [1.54, 1.807) is 0 Å². The maximum atomic E-state index is 8.33. The molecule has 0 saturated heterocycles. The maximum absolute atomic E-state index is 8.33. The summed E-state index contributed by atoms with van der Waals surface area (Å²) in [6, 6.07) is 0. The SMILES string of the molecule is O=C([O-])[O-].[Ca+2].[Na+].[OH-]. The zero-order valence-corrected chi connectivity index (χ0v) is 8.09. The predicted molar refractivity (Wildman–Crippen MR) is 13.1 cm³/mol.